The number of aromatic nitrogens is 4. The maximum absolute atomic E-state index is 13.2. The predicted octanol–water partition coefficient (Wildman–Crippen LogP) is 4.24. The maximum Gasteiger partial charge on any atom is 0.271 e. The third-order valence-corrected chi connectivity index (χ3v) is 5.24. The molecule has 1 aliphatic carbocycles. The van der Waals surface area contributed by atoms with Crippen LogP contribution in [-0.2, 0) is 0 Å². The highest BCUT2D eigenvalue weighted by atomic mass is 16.2. The molecule has 3 heterocycles. The Labute approximate surface area is 161 Å². The zero-order valence-electron chi connectivity index (χ0n) is 15.5. The summed E-state index contributed by atoms with van der Waals surface area (Å²) in [7, 11) is 0. The van der Waals surface area contributed by atoms with Gasteiger partial charge in [-0.3, -0.25) is 4.79 Å². The lowest BCUT2D eigenvalue weighted by molar-refractivity contribution is 0.0662. The Hall–Kier alpha value is -3.07. The molecule has 0 radical (unpaired) electrons. The monoisotopic (exact) mass is 365 g/mol. The molecule has 142 valence electrons. The van der Waals surface area contributed by atoms with Crippen LogP contribution in [0.3, 0.4) is 0 Å². The van der Waals surface area contributed by atoms with Gasteiger partial charge in [0.05, 0.1) is 12.2 Å². The number of nitrogens with zero attached hydrogens (tertiary/aromatic N) is 3. The molecule has 1 fully saturated rings. The van der Waals surface area contributed by atoms with Crippen molar-refractivity contribution in [3.05, 3.63) is 36.5 Å². The van der Waals surface area contributed by atoms with Gasteiger partial charge in [-0.25, -0.2) is 9.97 Å². The third-order valence-electron chi connectivity index (χ3n) is 5.24. The Balaban J connectivity index is 0.00000150. The van der Waals surface area contributed by atoms with Gasteiger partial charge >= 0.3 is 0 Å². The molecule has 4 rings (SSSR count). The molecule has 0 aromatic carbocycles. The molecule has 2 N–H and O–H groups in total. The van der Waals surface area contributed by atoms with Crippen LogP contribution < -0.4 is 0 Å². The van der Waals surface area contributed by atoms with E-state index in [0.29, 0.717) is 12.2 Å². The number of hydrogen-bond donors (Lipinski definition) is 2. The molecule has 27 heavy (non-hydrogen) atoms. The van der Waals surface area contributed by atoms with Gasteiger partial charge in [-0.05, 0) is 31.9 Å². The van der Waals surface area contributed by atoms with Crippen LogP contribution in [0.1, 0.15) is 52.4 Å². The Morgan fingerprint density at radius 3 is 2.96 bits per heavy atom. The van der Waals surface area contributed by atoms with Crippen LogP contribution in [0, 0.1) is 11.8 Å². The van der Waals surface area contributed by atoms with Gasteiger partial charge in [0.25, 0.3) is 5.91 Å². The zero-order valence-corrected chi connectivity index (χ0v) is 15.5. The van der Waals surface area contributed by atoms with Crippen LogP contribution in [0.4, 0.5) is 0 Å². The lowest BCUT2D eigenvalue weighted by Crippen LogP contribution is -2.41. The summed E-state index contributed by atoms with van der Waals surface area (Å²) in [6.45, 7) is 2.29. The molecule has 0 spiro atoms. The van der Waals surface area contributed by atoms with Crippen LogP contribution in [0.5, 0.6) is 0 Å². The lowest BCUT2D eigenvalue weighted by Gasteiger charge is -2.32. The minimum absolute atomic E-state index is 0. The second-order valence-corrected chi connectivity index (χ2v) is 6.92. The standard InChI is InChI=1S/C21H23N5O.2H2/c1-2-3-11-26(16-7-5-4-6-8-16)21(27)18-12-15(13-23-18)19-17-9-10-22-20(17)25-14-24-19;;/h9-10,12-14,16,23H,4-8,11H2,1H3,(H,22,24,25);2*1H. The van der Waals surface area contributed by atoms with Gasteiger partial charge < -0.3 is 14.9 Å². The molecular formula is C21H27N5O. The number of nitrogens with one attached hydrogen (secondary N) is 2. The lowest BCUT2D eigenvalue weighted by atomic mass is 9.94. The normalized spacial score (nSPS) is 14.7. The zero-order chi connectivity index (χ0) is 18.6. The van der Waals surface area contributed by atoms with Crippen molar-refractivity contribution >= 4 is 16.9 Å². The Kier molecular flexibility index (Phi) is 4.93. The number of carbonyl (C=O) groups is 1. The van der Waals surface area contributed by atoms with E-state index in [1.165, 1.54) is 25.6 Å². The van der Waals surface area contributed by atoms with E-state index < -0.39 is 0 Å². The van der Waals surface area contributed by atoms with E-state index in [-0.39, 0.29) is 14.8 Å². The Morgan fingerprint density at radius 2 is 2.15 bits per heavy atom. The van der Waals surface area contributed by atoms with Gasteiger partial charge in [-0.2, -0.15) is 0 Å². The molecular weight excluding hydrogens is 338 g/mol. The number of aromatic amines is 2. The fourth-order valence-electron chi connectivity index (χ4n) is 3.84. The number of H-pyrrole nitrogens is 2. The quantitative estimate of drug-likeness (QED) is 0.679. The first-order valence-corrected chi connectivity index (χ1v) is 9.45. The van der Waals surface area contributed by atoms with Crippen LogP contribution in [-0.4, -0.2) is 43.3 Å². The third kappa shape index (κ3) is 3.45. The topological polar surface area (TPSA) is 77.7 Å². The van der Waals surface area contributed by atoms with Crippen LogP contribution >= 0.6 is 0 Å². The summed E-state index contributed by atoms with van der Waals surface area (Å²) in [5.41, 5.74) is 3.07. The van der Waals surface area contributed by atoms with Crippen molar-refractivity contribution < 1.29 is 7.65 Å². The van der Waals surface area contributed by atoms with Crippen molar-refractivity contribution in [1.82, 2.24) is 24.8 Å². The first kappa shape index (κ1) is 17.3. The SMILES string of the molecule is CC#CCN(C(=O)c1cc(-c2ncnc3[nH]ccc23)c[nH]1)C1CCCCC1.[HH].[HH]. The number of carbonyl (C=O) groups excluding carboxylic acids is 1. The van der Waals surface area contributed by atoms with Crippen LogP contribution in [0.25, 0.3) is 22.3 Å². The Morgan fingerprint density at radius 1 is 1.30 bits per heavy atom. The van der Waals surface area contributed by atoms with Crippen molar-refractivity contribution in [3.63, 3.8) is 0 Å². The van der Waals surface area contributed by atoms with Gasteiger partial charge in [-0.15, -0.1) is 5.92 Å². The first-order chi connectivity index (χ1) is 13.3. The predicted molar refractivity (Wildman–Crippen MR) is 109 cm³/mol. The summed E-state index contributed by atoms with van der Waals surface area (Å²) >= 11 is 0. The molecule has 6 nitrogen and oxygen atoms in total. The molecule has 0 unspecified atom stereocenters. The van der Waals surface area contributed by atoms with Gasteiger partial charge in [0.2, 0.25) is 0 Å². The molecule has 1 aliphatic rings. The van der Waals surface area contributed by atoms with E-state index >= 15 is 0 Å². The van der Waals surface area contributed by atoms with Crippen LogP contribution in [0.15, 0.2) is 30.9 Å². The van der Waals surface area contributed by atoms with Gasteiger partial charge in [0.1, 0.15) is 17.7 Å². The Bertz CT molecular complexity index is 1010. The summed E-state index contributed by atoms with van der Waals surface area (Å²) in [5, 5.41) is 0.941. The number of fused-ring (bicyclic) bond motifs is 1. The fourth-order valence-corrected chi connectivity index (χ4v) is 3.84. The van der Waals surface area contributed by atoms with Gasteiger partial charge in [-0.1, -0.05) is 25.2 Å². The van der Waals surface area contributed by atoms with Gasteiger partial charge in [0.15, 0.2) is 0 Å². The summed E-state index contributed by atoms with van der Waals surface area (Å²) in [6, 6.07) is 4.10. The molecule has 3 aromatic heterocycles. The minimum atomic E-state index is 0. The smallest absolute Gasteiger partial charge is 0.271 e. The molecule has 1 amide bonds. The van der Waals surface area contributed by atoms with Crippen molar-refractivity contribution in [2.24, 2.45) is 0 Å². The molecule has 0 bridgehead atoms. The summed E-state index contributed by atoms with van der Waals surface area (Å²) in [5.74, 6) is 6.00. The van der Waals surface area contributed by atoms with Crippen molar-refractivity contribution in [3.8, 4) is 23.1 Å². The number of hydrogen-bond acceptors (Lipinski definition) is 3. The van der Waals surface area contributed by atoms with E-state index in [4.69, 9.17) is 0 Å². The van der Waals surface area contributed by atoms with E-state index in [1.807, 2.05) is 36.4 Å². The highest BCUT2D eigenvalue weighted by Gasteiger charge is 2.26. The summed E-state index contributed by atoms with van der Waals surface area (Å²) in [4.78, 5) is 30.0. The van der Waals surface area contributed by atoms with Crippen molar-refractivity contribution in [2.75, 3.05) is 6.54 Å². The van der Waals surface area contributed by atoms with Crippen molar-refractivity contribution in [1.29, 1.82) is 0 Å². The highest BCUT2D eigenvalue weighted by molar-refractivity contribution is 5.96. The molecule has 0 atom stereocenters. The summed E-state index contributed by atoms with van der Waals surface area (Å²) < 4.78 is 0. The van der Waals surface area contributed by atoms with E-state index in [9.17, 15) is 4.79 Å². The molecule has 6 heteroatoms. The van der Waals surface area contributed by atoms with Gasteiger partial charge in [0, 0.05) is 32.2 Å². The first-order valence-electron chi connectivity index (χ1n) is 9.45. The molecule has 1 saturated carbocycles. The van der Waals surface area contributed by atoms with Crippen LogP contribution in [0.2, 0.25) is 0 Å². The second-order valence-electron chi connectivity index (χ2n) is 6.92. The fraction of sp³-hybridized carbons (Fsp3) is 0.381. The molecule has 0 aliphatic heterocycles. The van der Waals surface area contributed by atoms with E-state index in [2.05, 4.69) is 31.8 Å². The molecule has 0 saturated heterocycles. The summed E-state index contributed by atoms with van der Waals surface area (Å²) in [6.07, 6.45) is 10.9. The highest BCUT2D eigenvalue weighted by Crippen LogP contribution is 2.27. The van der Waals surface area contributed by atoms with E-state index in [1.54, 1.807) is 0 Å². The second kappa shape index (κ2) is 7.67. The average molecular weight is 365 g/mol. The average Bonchev–Trinajstić information content (AvgIpc) is 3.38. The maximum atomic E-state index is 13.2. The molecule has 3 aromatic rings. The largest absolute Gasteiger partial charge is 0.357 e. The number of rotatable bonds is 4. The minimum Gasteiger partial charge on any atom is -0.357 e. The number of amides is 1. The van der Waals surface area contributed by atoms with E-state index in [0.717, 1.165) is 35.1 Å². The van der Waals surface area contributed by atoms with Crippen molar-refractivity contribution in [2.45, 2.75) is 45.1 Å².